The number of amides is 1. The summed E-state index contributed by atoms with van der Waals surface area (Å²) in [6.45, 7) is 0. The predicted octanol–water partition coefficient (Wildman–Crippen LogP) is 4.81. The van der Waals surface area contributed by atoms with Gasteiger partial charge in [-0.3, -0.25) is 5.32 Å². The number of ether oxygens (including phenoxy) is 1. The molecule has 0 spiro atoms. The van der Waals surface area contributed by atoms with Gasteiger partial charge in [-0.15, -0.1) is 0 Å². The SMILES string of the molecule is C[N+]1(C)C2CCC1CC(OC(=O)Nc1c(F)cccc1-c1ccccc1)C2. The van der Waals surface area contributed by atoms with Gasteiger partial charge in [-0.25, -0.2) is 9.18 Å². The van der Waals surface area contributed by atoms with Crippen LogP contribution in [0.5, 0.6) is 0 Å². The lowest BCUT2D eigenvalue weighted by atomic mass is 9.98. The highest BCUT2D eigenvalue weighted by Gasteiger charge is 2.49. The summed E-state index contributed by atoms with van der Waals surface area (Å²) in [6.07, 6.45) is 3.45. The summed E-state index contributed by atoms with van der Waals surface area (Å²) in [6, 6.07) is 15.3. The Bertz CT molecular complexity index is 821. The van der Waals surface area contributed by atoms with Crippen LogP contribution >= 0.6 is 0 Å². The quantitative estimate of drug-likeness (QED) is 0.789. The highest BCUT2D eigenvalue weighted by atomic mass is 19.1. The molecule has 2 aromatic rings. The fraction of sp³-hybridized carbons (Fsp3) is 0.409. The molecule has 2 heterocycles. The molecule has 2 aliphatic heterocycles. The van der Waals surface area contributed by atoms with Crippen molar-refractivity contribution in [2.45, 2.75) is 43.9 Å². The van der Waals surface area contributed by atoms with Crippen molar-refractivity contribution >= 4 is 11.8 Å². The Balaban J connectivity index is 1.48. The zero-order chi connectivity index (χ0) is 19.0. The molecule has 0 aliphatic carbocycles. The van der Waals surface area contributed by atoms with Gasteiger partial charge < -0.3 is 9.22 Å². The number of hydrogen-bond donors (Lipinski definition) is 1. The van der Waals surface area contributed by atoms with E-state index in [0.29, 0.717) is 17.6 Å². The normalized spacial score (nSPS) is 25.8. The van der Waals surface area contributed by atoms with Gasteiger partial charge >= 0.3 is 6.09 Å². The van der Waals surface area contributed by atoms with Crippen LogP contribution in [0, 0.1) is 5.82 Å². The summed E-state index contributed by atoms with van der Waals surface area (Å²) in [5.74, 6) is -0.463. The standard InChI is InChI=1S/C22H25FN2O2/c1-25(2)16-11-12-17(25)14-18(13-16)27-22(26)24-21-19(9-6-10-20(21)23)15-7-4-3-5-8-15/h3-10,16-18H,11-14H2,1-2H3/p+1. The van der Waals surface area contributed by atoms with Crippen LogP contribution in [-0.2, 0) is 4.74 Å². The second-order valence-electron chi connectivity index (χ2n) is 8.17. The summed E-state index contributed by atoms with van der Waals surface area (Å²) in [5, 5.41) is 2.65. The van der Waals surface area contributed by atoms with Crippen LogP contribution in [0.4, 0.5) is 14.9 Å². The van der Waals surface area contributed by atoms with Crippen LogP contribution in [0.2, 0.25) is 0 Å². The van der Waals surface area contributed by atoms with Gasteiger partial charge in [0.1, 0.15) is 11.9 Å². The van der Waals surface area contributed by atoms with Gasteiger partial charge in [-0.2, -0.15) is 0 Å². The maximum atomic E-state index is 14.4. The number of halogens is 1. The van der Waals surface area contributed by atoms with Gasteiger partial charge in [0.2, 0.25) is 0 Å². The molecule has 2 unspecified atom stereocenters. The summed E-state index contributed by atoms with van der Waals surface area (Å²) < 4.78 is 21.1. The molecular weight excluding hydrogens is 343 g/mol. The first-order valence-corrected chi connectivity index (χ1v) is 9.60. The molecule has 1 amide bonds. The van der Waals surface area contributed by atoms with Gasteiger partial charge in [-0.05, 0) is 11.6 Å². The van der Waals surface area contributed by atoms with Crippen molar-refractivity contribution in [3.05, 3.63) is 54.3 Å². The topological polar surface area (TPSA) is 38.3 Å². The Kier molecular flexibility index (Phi) is 4.64. The van der Waals surface area contributed by atoms with E-state index in [1.54, 1.807) is 12.1 Å². The zero-order valence-corrected chi connectivity index (χ0v) is 15.8. The highest BCUT2D eigenvalue weighted by molar-refractivity contribution is 5.91. The van der Waals surface area contributed by atoms with E-state index >= 15 is 0 Å². The molecule has 2 bridgehead atoms. The number of fused-ring (bicyclic) bond motifs is 2. The fourth-order valence-electron chi connectivity index (χ4n) is 4.72. The number of carbonyl (C=O) groups excluding carboxylic acids is 1. The van der Waals surface area contributed by atoms with Gasteiger partial charge in [-0.1, -0.05) is 42.5 Å². The van der Waals surface area contributed by atoms with E-state index in [1.807, 2.05) is 30.3 Å². The number of para-hydroxylation sites is 1. The van der Waals surface area contributed by atoms with Crippen LogP contribution in [0.1, 0.15) is 25.7 Å². The first-order chi connectivity index (χ1) is 12.9. The molecule has 2 aromatic carbocycles. The minimum atomic E-state index is -0.575. The van der Waals surface area contributed by atoms with Gasteiger partial charge in [0, 0.05) is 31.2 Å². The van der Waals surface area contributed by atoms with Crippen molar-refractivity contribution in [2.75, 3.05) is 19.4 Å². The predicted molar refractivity (Wildman–Crippen MR) is 104 cm³/mol. The van der Waals surface area contributed by atoms with Gasteiger partial charge in [0.15, 0.2) is 0 Å². The third-order valence-corrected chi connectivity index (χ3v) is 6.38. The molecule has 2 atom stereocenters. The summed E-state index contributed by atoms with van der Waals surface area (Å²) >= 11 is 0. The van der Waals surface area contributed by atoms with E-state index in [-0.39, 0.29) is 11.8 Å². The van der Waals surface area contributed by atoms with Crippen LogP contribution < -0.4 is 5.32 Å². The van der Waals surface area contributed by atoms with E-state index in [4.69, 9.17) is 4.74 Å². The maximum Gasteiger partial charge on any atom is 0.412 e. The minimum Gasteiger partial charge on any atom is -0.445 e. The van der Waals surface area contributed by atoms with Crippen LogP contribution in [0.3, 0.4) is 0 Å². The smallest absolute Gasteiger partial charge is 0.412 e. The molecule has 1 N–H and O–H groups in total. The van der Waals surface area contributed by atoms with E-state index < -0.39 is 11.9 Å². The second-order valence-corrected chi connectivity index (χ2v) is 8.17. The third-order valence-electron chi connectivity index (χ3n) is 6.38. The highest BCUT2D eigenvalue weighted by Crippen LogP contribution is 2.40. The van der Waals surface area contributed by atoms with Crippen molar-refractivity contribution in [3.63, 3.8) is 0 Å². The Morgan fingerprint density at radius 1 is 1.04 bits per heavy atom. The lowest BCUT2D eigenvalue weighted by Gasteiger charge is -2.43. The maximum absolute atomic E-state index is 14.4. The summed E-state index contributed by atoms with van der Waals surface area (Å²) in [5.41, 5.74) is 1.67. The molecule has 142 valence electrons. The number of nitrogens with zero attached hydrogens (tertiary/aromatic N) is 1. The number of hydrogen-bond acceptors (Lipinski definition) is 2. The summed E-state index contributed by atoms with van der Waals surface area (Å²) in [7, 11) is 4.54. The van der Waals surface area contributed by atoms with Crippen molar-refractivity contribution in [1.29, 1.82) is 0 Å². The second kappa shape index (κ2) is 6.97. The van der Waals surface area contributed by atoms with E-state index in [1.165, 1.54) is 18.9 Å². The Labute approximate surface area is 159 Å². The first kappa shape index (κ1) is 18.0. The molecule has 2 fully saturated rings. The molecule has 0 aromatic heterocycles. The molecule has 0 radical (unpaired) electrons. The van der Waals surface area contributed by atoms with Crippen LogP contribution in [0.25, 0.3) is 11.1 Å². The lowest BCUT2D eigenvalue weighted by molar-refractivity contribution is -0.931. The van der Waals surface area contributed by atoms with E-state index in [9.17, 15) is 9.18 Å². The zero-order valence-electron chi connectivity index (χ0n) is 15.8. The number of piperidine rings is 1. The number of nitrogens with one attached hydrogen (secondary N) is 1. The molecule has 4 rings (SSSR count). The number of rotatable bonds is 3. The minimum absolute atomic E-state index is 0.0967. The fourth-order valence-corrected chi connectivity index (χ4v) is 4.72. The number of benzene rings is 2. The molecular formula is C22H26FN2O2+. The van der Waals surface area contributed by atoms with E-state index in [2.05, 4.69) is 19.4 Å². The first-order valence-electron chi connectivity index (χ1n) is 9.60. The molecule has 2 aliphatic rings. The Morgan fingerprint density at radius 3 is 2.37 bits per heavy atom. The van der Waals surface area contributed by atoms with Gasteiger partial charge in [0.05, 0.1) is 31.9 Å². The average molecular weight is 369 g/mol. The molecule has 4 nitrogen and oxygen atoms in total. The van der Waals surface area contributed by atoms with Crippen molar-refractivity contribution in [1.82, 2.24) is 0 Å². The largest absolute Gasteiger partial charge is 0.445 e. The van der Waals surface area contributed by atoms with Crippen molar-refractivity contribution in [2.24, 2.45) is 0 Å². The lowest BCUT2D eigenvalue weighted by Crippen LogP contribution is -2.56. The molecule has 27 heavy (non-hydrogen) atoms. The Hall–Kier alpha value is -2.40. The number of carbonyl (C=O) groups is 1. The molecule has 2 saturated heterocycles. The third kappa shape index (κ3) is 3.44. The van der Waals surface area contributed by atoms with Crippen molar-refractivity contribution in [3.8, 4) is 11.1 Å². The Morgan fingerprint density at radius 2 is 1.70 bits per heavy atom. The van der Waals surface area contributed by atoms with E-state index in [0.717, 1.165) is 22.9 Å². The van der Waals surface area contributed by atoms with Gasteiger partial charge in [0.25, 0.3) is 0 Å². The van der Waals surface area contributed by atoms with Crippen LogP contribution in [-0.4, -0.2) is 42.9 Å². The van der Waals surface area contributed by atoms with Crippen molar-refractivity contribution < 1.29 is 18.4 Å². The molecule has 5 heteroatoms. The monoisotopic (exact) mass is 369 g/mol. The number of quaternary nitrogens is 1. The summed E-state index contributed by atoms with van der Waals surface area (Å²) in [4.78, 5) is 12.5. The number of anilines is 1. The average Bonchev–Trinajstić information content (AvgIpc) is 2.82. The van der Waals surface area contributed by atoms with Crippen LogP contribution in [0.15, 0.2) is 48.5 Å². The molecule has 0 saturated carbocycles.